The summed E-state index contributed by atoms with van der Waals surface area (Å²) in [5.74, 6) is -0.112. The number of carbonyl (C=O) groups excluding carboxylic acids is 1. The second kappa shape index (κ2) is 6.62. The zero-order valence-electron chi connectivity index (χ0n) is 12.9. The second-order valence-electron chi connectivity index (χ2n) is 5.19. The van der Waals surface area contributed by atoms with Gasteiger partial charge in [0.05, 0.1) is 15.7 Å². The Hall–Kier alpha value is -2.77. The number of nitrogens with one attached hydrogen (secondary N) is 1. The number of hydrogen-bond acceptors (Lipinski definition) is 6. The Morgan fingerprint density at radius 2 is 2.04 bits per heavy atom. The molecule has 0 unspecified atom stereocenters. The molecule has 2 aromatic heterocycles. The van der Waals surface area contributed by atoms with E-state index < -0.39 is 5.91 Å². The Balaban J connectivity index is 1.92. The van der Waals surface area contributed by atoms with Crippen molar-refractivity contribution >= 4 is 40.7 Å². The van der Waals surface area contributed by atoms with Crippen molar-refractivity contribution < 1.29 is 14.4 Å². The Bertz CT molecular complexity index is 972. The average molecular weight is 379 g/mol. The van der Waals surface area contributed by atoms with E-state index in [1.54, 1.807) is 19.1 Å². The summed E-state index contributed by atoms with van der Waals surface area (Å²) in [4.78, 5) is 16.3. The predicted molar refractivity (Wildman–Crippen MR) is 95.0 cm³/mol. The lowest BCUT2D eigenvalue weighted by atomic mass is 10.1. The number of aromatic hydroxyl groups is 1. The van der Waals surface area contributed by atoms with E-state index in [0.29, 0.717) is 22.4 Å². The van der Waals surface area contributed by atoms with Crippen LogP contribution in [-0.2, 0) is 0 Å². The molecule has 0 spiro atoms. The molecular formula is C16H12Cl2N4O3. The van der Waals surface area contributed by atoms with Crippen LogP contribution < -0.4 is 11.1 Å². The minimum absolute atomic E-state index is 0.0517. The Morgan fingerprint density at radius 1 is 1.28 bits per heavy atom. The molecule has 0 aliphatic carbocycles. The summed E-state index contributed by atoms with van der Waals surface area (Å²) in [7, 11) is 0. The fourth-order valence-corrected chi connectivity index (χ4v) is 2.66. The van der Waals surface area contributed by atoms with Gasteiger partial charge >= 0.3 is 0 Å². The van der Waals surface area contributed by atoms with Crippen LogP contribution in [0.4, 0.5) is 11.6 Å². The molecule has 3 aromatic rings. The van der Waals surface area contributed by atoms with Gasteiger partial charge in [0.2, 0.25) is 0 Å². The fourth-order valence-electron chi connectivity index (χ4n) is 2.24. The fraction of sp³-hybridized carbons (Fsp3) is 0.0625. The highest BCUT2D eigenvalue weighted by Crippen LogP contribution is 2.39. The van der Waals surface area contributed by atoms with Crippen LogP contribution in [-0.4, -0.2) is 21.2 Å². The zero-order valence-corrected chi connectivity index (χ0v) is 14.4. The highest BCUT2D eigenvalue weighted by atomic mass is 35.5. The first-order valence-electron chi connectivity index (χ1n) is 7.04. The summed E-state index contributed by atoms with van der Waals surface area (Å²) in [6.45, 7) is 1.65. The van der Waals surface area contributed by atoms with Crippen LogP contribution >= 0.6 is 23.2 Å². The van der Waals surface area contributed by atoms with Gasteiger partial charge in [-0.05, 0) is 25.1 Å². The Morgan fingerprint density at radius 3 is 2.68 bits per heavy atom. The number of hydrogen-bond donors (Lipinski definition) is 3. The van der Waals surface area contributed by atoms with E-state index in [9.17, 15) is 9.90 Å². The number of nitrogen functional groups attached to an aromatic ring is 1. The number of carbonyl (C=O) groups is 1. The monoisotopic (exact) mass is 378 g/mol. The van der Waals surface area contributed by atoms with E-state index in [2.05, 4.69) is 15.5 Å². The molecule has 3 rings (SSSR count). The lowest BCUT2D eigenvalue weighted by molar-refractivity contribution is 0.102. The van der Waals surface area contributed by atoms with Crippen LogP contribution in [0.25, 0.3) is 11.1 Å². The van der Waals surface area contributed by atoms with Gasteiger partial charge in [-0.1, -0.05) is 28.4 Å². The topological polar surface area (TPSA) is 114 Å². The van der Waals surface area contributed by atoms with Gasteiger partial charge < -0.3 is 20.7 Å². The molecule has 9 heteroatoms. The summed E-state index contributed by atoms with van der Waals surface area (Å²) >= 11 is 12.1. The molecule has 25 heavy (non-hydrogen) atoms. The second-order valence-corrected chi connectivity index (χ2v) is 5.97. The van der Waals surface area contributed by atoms with Crippen LogP contribution in [0.15, 0.2) is 35.1 Å². The van der Waals surface area contributed by atoms with Gasteiger partial charge in [-0.25, -0.2) is 4.98 Å². The molecule has 0 atom stereocenters. The number of nitrogens with two attached hydrogens (primary N) is 1. The number of nitrogens with zero attached hydrogens (tertiary/aromatic N) is 2. The summed E-state index contributed by atoms with van der Waals surface area (Å²) in [5, 5.41) is 16.4. The molecule has 1 aromatic carbocycles. The van der Waals surface area contributed by atoms with E-state index in [-0.39, 0.29) is 27.4 Å². The molecule has 0 aliphatic rings. The van der Waals surface area contributed by atoms with Crippen molar-refractivity contribution in [3.63, 3.8) is 0 Å². The minimum Gasteiger partial charge on any atom is -0.508 e. The quantitative estimate of drug-likeness (QED) is 0.636. The van der Waals surface area contributed by atoms with Crippen LogP contribution in [0.5, 0.6) is 5.75 Å². The lowest BCUT2D eigenvalue weighted by Gasteiger charge is -2.11. The number of phenolic OH excluding ortho intramolecular Hbond substituents is 1. The van der Waals surface area contributed by atoms with Gasteiger partial charge in [-0.3, -0.25) is 4.79 Å². The van der Waals surface area contributed by atoms with Crippen molar-refractivity contribution in [2.24, 2.45) is 0 Å². The third-order valence-electron chi connectivity index (χ3n) is 3.46. The zero-order chi connectivity index (χ0) is 18.1. The SMILES string of the molecule is Cc1nocc1C(=O)Nc1ccc(-c2cc(O)cc(Cl)c2Cl)c(N)n1. The Kier molecular flexibility index (Phi) is 4.52. The number of anilines is 2. The minimum atomic E-state index is -0.420. The van der Waals surface area contributed by atoms with E-state index in [1.165, 1.54) is 18.4 Å². The Labute approximate surface area is 152 Å². The van der Waals surface area contributed by atoms with Gasteiger partial charge in [-0.2, -0.15) is 0 Å². The van der Waals surface area contributed by atoms with E-state index in [4.69, 9.17) is 33.5 Å². The number of pyridine rings is 1. The molecule has 128 valence electrons. The third-order valence-corrected chi connectivity index (χ3v) is 4.27. The standard InChI is InChI=1S/C16H12Cl2N4O3/c1-7-11(6-25-22-7)16(24)21-13-3-2-9(15(19)20-13)10-4-8(23)5-12(17)14(10)18/h2-6,23H,1H3,(H3,19,20,21,24). The maximum atomic E-state index is 12.1. The molecule has 0 bridgehead atoms. The molecule has 0 fully saturated rings. The van der Waals surface area contributed by atoms with Crippen LogP contribution in [0.3, 0.4) is 0 Å². The molecule has 0 aliphatic heterocycles. The summed E-state index contributed by atoms with van der Waals surface area (Å²) < 4.78 is 4.73. The highest BCUT2D eigenvalue weighted by molar-refractivity contribution is 6.44. The summed E-state index contributed by atoms with van der Waals surface area (Å²) in [5.41, 5.74) is 7.64. The summed E-state index contributed by atoms with van der Waals surface area (Å²) in [6, 6.07) is 5.93. The lowest BCUT2D eigenvalue weighted by Crippen LogP contribution is -2.14. The van der Waals surface area contributed by atoms with Crippen molar-refractivity contribution in [1.29, 1.82) is 0 Å². The number of aryl methyl sites for hydroxylation is 1. The van der Waals surface area contributed by atoms with Crippen molar-refractivity contribution in [3.05, 3.63) is 51.8 Å². The van der Waals surface area contributed by atoms with Crippen molar-refractivity contribution in [2.45, 2.75) is 6.92 Å². The largest absolute Gasteiger partial charge is 0.508 e. The number of halogens is 2. The van der Waals surface area contributed by atoms with Crippen molar-refractivity contribution in [2.75, 3.05) is 11.1 Å². The van der Waals surface area contributed by atoms with Gasteiger partial charge in [0.25, 0.3) is 5.91 Å². The molecule has 0 saturated heterocycles. The molecule has 0 radical (unpaired) electrons. The number of phenols is 1. The first-order valence-corrected chi connectivity index (χ1v) is 7.79. The number of benzene rings is 1. The van der Waals surface area contributed by atoms with E-state index >= 15 is 0 Å². The van der Waals surface area contributed by atoms with Crippen molar-refractivity contribution in [1.82, 2.24) is 10.1 Å². The molecule has 7 nitrogen and oxygen atoms in total. The van der Waals surface area contributed by atoms with E-state index in [1.807, 2.05) is 0 Å². The van der Waals surface area contributed by atoms with Gasteiger partial charge in [0.15, 0.2) is 0 Å². The third kappa shape index (κ3) is 3.38. The maximum absolute atomic E-state index is 12.1. The van der Waals surface area contributed by atoms with Crippen LogP contribution in [0.1, 0.15) is 16.1 Å². The number of amides is 1. The van der Waals surface area contributed by atoms with Crippen molar-refractivity contribution in [3.8, 4) is 16.9 Å². The smallest absolute Gasteiger partial charge is 0.262 e. The molecule has 4 N–H and O–H groups in total. The van der Waals surface area contributed by atoms with Gasteiger partial charge in [0.1, 0.15) is 29.2 Å². The van der Waals surface area contributed by atoms with Gasteiger partial charge in [-0.15, -0.1) is 0 Å². The highest BCUT2D eigenvalue weighted by Gasteiger charge is 2.16. The number of rotatable bonds is 3. The molecule has 1 amide bonds. The average Bonchev–Trinajstić information content (AvgIpc) is 2.97. The predicted octanol–water partition coefficient (Wildman–Crippen LogP) is 3.89. The molecular weight excluding hydrogens is 367 g/mol. The summed E-state index contributed by atoms with van der Waals surface area (Å²) in [6.07, 6.45) is 1.25. The normalized spacial score (nSPS) is 10.7. The molecule has 0 saturated carbocycles. The van der Waals surface area contributed by atoms with E-state index in [0.717, 1.165) is 0 Å². The molecule has 2 heterocycles. The number of aromatic nitrogens is 2. The maximum Gasteiger partial charge on any atom is 0.262 e. The van der Waals surface area contributed by atoms with Gasteiger partial charge in [0, 0.05) is 17.2 Å². The van der Waals surface area contributed by atoms with Crippen LogP contribution in [0, 0.1) is 6.92 Å². The first-order chi connectivity index (χ1) is 11.9. The van der Waals surface area contributed by atoms with Crippen LogP contribution in [0.2, 0.25) is 10.0 Å². The first kappa shape index (κ1) is 17.1.